The van der Waals surface area contributed by atoms with E-state index < -0.39 is 28.4 Å². The first kappa shape index (κ1) is 11.2. The number of halogens is 1. The maximum absolute atomic E-state index is 13.6. The molecule has 4 rings (SSSR count). The van der Waals surface area contributed by atoms with Crippen LogP contribution < -0.4 is 0 Å². The van der Waals surface area contributed by atoms with E-state index in [2.05, 4.69) is 0 Å². The van der Waals surface area contributed by atoms with Gasteiger partial charge in [0, 0.05) is 5.25 Å². The largest absolute Gasteiger partial charge is 0.271 e. The predicted octanol–water partition coefficient (Wildman–Crippen LogP) is 2.05. The minimum absolute atomic E-state index is 0.0950. The topological polar surface area (TPSA) is 37.4 Å². The van der Waals surface area contributed by atoms with E-state index >= 15 is 0 Å². The number of hydrogen-bond acceptors (Lipinski definition) is 3. The molecule has 3 nitrogen and oxygen atoms in total. The standard InChI is InChI=1S/C14H10FNO2S/c15-16-12(17)10-9-6-7-14(19-9,11(10)13(16)18)8-4-2-1-3-5-8/h1-7,9-11H. The first-order valence-electron chi connectivity index (χ1n) is 6.11. The summed E-state index contributed by atoms with van der Waals surface area (Å²) in [6.07, 6.45) is 3.90. The zero-order valence-electron chi connectivity index (χ0n) is 9.82. The molecule has 1 aromatic rings. The molecular formula is C14H10FNO2S. The van der Waals surface area contributed by atoms with Gasteiger partial charge in [0.1, 0.15) is 0 Å². The van der Waals surface area contributed by atoms with E-state index in [1.165, 1.54) is 0 Å². The van der Waals surface area contributed by atoms with Crippen molar-refractivity contribution in [3.05, 3.63) is 48.0 Å². The van der Waals surface area contributed by atoms with Gasteiger partial charge in [-0.15, -0.1) is 16.9 Å². The number of nitrogens with zero attached hydrogens (tertiary/aromatic N) is 1. The highest BCUT2D eigenvalue weighted by atomic mass is 32.2. The number of imide groups is 1. The summed E-state index contributed by atoms with van der Waals surface area (Å²) in [5.74, 6) is -2.53. The van der Waals surface area contributed by atoms with Crippen LogP contribution in [0.2, 0.25) is 0 Å². The fourth-order valence-electron chi connectivity index (χ4n) is 3.39. The summed E-state index contributed by atoms with van der Waals surface area (Å²) >= 11 is 1.59. The number of hydrogen-bond donors (Lipinski definition) is 0. The van der Waals surface area contributed by atoms with Crippen LogP contribution >= 0.6 is 11.8 Å². The van der Waals surface area contributed by atoms with Crippen molar-refractivity contribution in [1.82, 2.24) is 5.12 Å². The van der Waals surface area contributed by atoms with Crippen molar-refractivity contribution in [2.75, 3.05) is 0 Å². The second kappa shape index (κ2) is 3.48. The molecule has 3 aliphatic rings. The number of fused-ring (bicyclic) bond motifs is 5. The molecule has 0 spiro atoms. The lowest BCUT2D eigenvalue weighted by atomic mass is 9.74. The minimum Gasteiger partial charge on any atom is -0.271 e. The lowest BCUT2D eigenvalue weighted by molar-refractivity contribution is -0.156. The average molecular weight is 275 g/mol. The van der Waals surface area contributed by atoms with Crippen molar-refractivity contribution in [3.8, 4) is 0 Å². The molecule has 19 heavy (non-hydrogen) atoms. The molecule has 2 bridgehead atoms. The van der Waals surface area contributed by atoms with Crippen LogP contribution in [-0.2, 0) is 14.3 Å². The maximum Gasteiger partial charge on any atom is 0.264 e. The van der Waals surface area contributed by atoms with E-state index in [4.69, 9.17) is 0 Å². The van der Waals surface area contributed by atoms with Gasteiger partial charge in [0.2, 0.25) is 0 Å². The Labute approximate surface area is 113 Å². The predicted molar refractivity (Wildman–Crippen MR) is 68.6 cm³/mol. The highest BCUT2D eigenvalue weighted by Gasteiger charge is 2.68. The van der Waals surface area contributed by atoms with Crippen molar-refractivity contribution in [2.45, 2.75) is 10.00 Å². The van der Waals surface area contributed by atoms with Crippen LogP contribution in [-0.4, -0.2) is 22.2 Å². The molecule has 0 N–H and O–H groups in total. The highest BCUT2D eigenvalue weighted by molar-refractivity contribution is 8.01. The van der Waals surface area contributed by atoms with Gasteiger partial charge >= 0.3 is 0 Å². The third kappa shape index (κ3) is 1.19. The molecule has 2 saturated heterocycles. The molecule has 0 aromatic heterocycles. The van der Waals surface area contributed by atoms with Gasteiger partial charge in [-0.1, -0.05) is 47.0 Å². The summed E-state index contributed by atoms with van der Waals surface area (Å²) in [4.78, 5) is 23.9. The molecular weight excluding hydrogens is 265 g/mol. The second-order valence-corrected chi connectivity index (χ2v) is 6.52. The Kier molecular flexibility index (Phi) is 2.05. The van der Waals surface area contributed by atoms with Crippen molar-refractivity contribution < 1.29 is 14.1 Å². The minimum atomic E-state index is -0.696. The fraction of sp³-hybridized carbons (Fsp3) is 0.286. The summed E-state index contributed by atoms with van der Waals surface area (Å²) in [6.45, 7) is 0. The van der Waals surface area contributed by atoms with Gasteiger partial charge in [-0.25, -0.2) is 0 Å². The molecule has 3 heterocycles. The third-order valence-corrected chi connectivity index (χ3v) is 5.94. The summed E-state index contributed by atoms with van der Waals surface area (Å²) in [6, 6.07) is 9.55. The molecule has 2 fully saturated rings. The van der Waals surface area contributed by atoms with Crippen molar-refractivity contribution in [3.63, 3.8) is 0 Å². The number of amides is 2. The molecule has 96 valence electrons. The van der Waals surface area contributed by atoms with Crippen molar-refractivity contribution in [2.24, 2.45) is 11.8 Å². The molecule has 1 aromatic carbocycles. The van der Waals surface area contributed by atoms with Crippen LogP contribution in [0.1, 0.15) is 5.56 Å². The van der Waals surface area contributed by atoms with Gasteiger partial charge in [0.25, 0.3) is 11.8 Å². The van der Waals surface area contributed by atoms with E-state index in [0.29, 0.717) is 0 Å². The molecule has 0 radical (unpaired) electrons. The first-order valence-corrected chi connectivity index (χ1v) is 6.99. The lowest BCUT2D eigenvalue weighted by Crippen LogP contribution is -2.34. The Morgan fingerprint density at radius 2 is 1.89 bits per heavy atom. The molecule has 0 saturated carbocycles. The number of benzene rings is 1. The monoisotopic (exact) mass is 275 g/mol. The van der Waals surface area contributed by atoms with Crippen LogP contribution in [0.5, 0.6) is 0 Å². The zero-order chi connectivity index (χ0) is 13.2. The van der Waals surface area contributed by atoms with E-state index in [1.807, 2.05) is 42.5 Å². The van der Waals surface area contributed by atoms with Crippen LogP contribution in [0.3, 0.4) is 0 Å². The Bertz CT molecular complexity index is 617. The molecule has 2 amide bonds. The Morgan fingerprint density at radius 3 is 2.63 bits per heavy atom. The molecule has 3 aliphatic heterocycles. The van der Waals surface area contributed by atoms with Gasteiger partial charge in [-0.3, -0.25) is 9.59 Å². The van der Waals surface area contributed by atoms with Gasteiger partial charge in [0.05, 0.1) is 16.6 Å². The third-order valence-electron chi connectivity index (χ3n) is 4.20. The number of carbonyl (C=O) groups excluding carboxylic acids is 2. The fourth-order valence-corrected chi connectivity index (χ4v) is 5.24. The molecule has 5 heteroatoms. The lowest BCUT2D eigenvalue weighted by Gasteiger charge is -2.29. The van der Waals surface area contributed by atoms with E-state index in [9.17, 15) is 14.1 Å². The molecule has 4 unspecified atom stereocenters. The smallest absolute Gasteiger partial charge is 0.264 e. The summed E-state index contributed by atoms with van der Waals surface area (Å²) < 4.78 is 13.0. The first-order chi connectivity index (χ1) is 9.15. The normalized spacial score (nSPS) is 39.2. The number of rotatable bonds is 1. The highest BCUT2D eigenvalue weighted by Crippen LogP contribution is 2.64. The summed E-state index contributed by atoms with van der Waals surface area (Å²) in [7, 11) is 0. The van der Waals surface area contributed by atoms with Crippen LogP contribution in [0.4, 0.5) is 4.48 Å². The SMILES string of the molecule is O=C1C2C3C=CC(c4ccccc4)(S3)C2C(=O)N1F. The maximum atomic E-state index is 13.6. The van der Waals surface area contributed by atoms with Gasteiger partial charge < -0.3 is 0 Å². The Morgan fingerprint density at radius 1 is 1.16 bits per heavy atom. The van der Waals surface area contributed by atoms with Crippen LogP contribution in [0, 0.1) is 11.8 Å². The van der Waals surface area contributed by atoms with Crippen LogP contribution in [0.25, 0.3) is 0 Å². The van der Waals surface area contributed by atoms with Gasteiger partial charge in [-0.05, 0) is 5.56 Å². The Hall–Kier alpha value is -1.62. The average Bonchev–Trinajstić information content (AvgIpc) is 3.08. The second-order valence-electron chi connectivity index (χ2n) is 5.06. The van der Waals surface area contributed by atoms with Crippen LogP contribution in [0.15, 0.2) is 42.5 Å². The molecule has 4 atom stereocenters. The number of thioether (sulfide) groups is 1. The van der Waals surface area contributed by atoms with Gasteiger partial charge in [0.15, 0.2) is 0 Å². The quantitative estimate of drug-likeness (QED) is 0.447. The zero-order valence-corrected chi connectivity index (χ0v) is 10.6. The van der Waals surface area contributed by atoms with Crippen molar-refractivity contribution >= 4 is 23.6 Å². The van der Waals surface area contributed by atoms with Gasteiger partial charge in [-0.2, -0.15) is 0 Å². The van der Waals surface area contributed by atoms with Crippen molar-refractivity contribution in [1.29, 1.82) is 0 Å². The van der Waals surface area contributed by atoms with E-state index in [-0.39, 0.29) is 10.4 Å². The summed E-state index contributed by atoms with van der Waals surface area (Å²) in [5, 5.41) is -0.283. The molecule has 0 aliphatic carbocycles. The number of carbonyl (C=O) groups is 2. The Balaban J connectivity index is 1.89. The summed E-state index contributed by atoms with van der Waals surface area (Å²) in [5.41, 5.74) is 0.961. The van der Waals surface area contributed by atoms with E-state index in [0.717, 1.165) is 5.56 Å². The van der Waals surface area contributed by atoms with E-state index in [1.54, 1.807) is 11.8 Å².